The van der Waals surface area contributed by atoms with Gasteiger partial charge in [-0.25, -0.2) is 4.98 Å². The summed E-state index contributed by atoms with van der Waals surface area (Å²) < 4.78 is 43.6. The van der Waals surface area contributed by atoms with Crippen molar-refractivity contribution < 1.29 is 22.7 Å². The van der Waals surface area contributed by atoms with Crippen molar-refractivity contribution in [3.05, 3.63) is 76.3 Å². The van der Waals surface area contributed by atoms with Gasteiger partial charge in [0.1, 0.15) is 5.01 Å². The zero-order valence-corrected chi connectivity index (χ0v) is 18.7. The fourth-order valence-electron chi connectivity index (χ4n) is 3.63. The van der Waals surface area contributed by atoms with E-state index in [9.17, 15) is 18.0 Å². The van der Waals surface area contributed by atoms with Crippen molar-refractivity contribution in [1.82, 2.24) is 15.2 Å². The Labute approximate surface area is 194 Å². The van der Waals surface area contributed by atoms with E-state index >= 15 is 0 Å². The third-order valence-corrected chi connectivity index (χ3v) is 6.38. The van der Waals surface area contributed by atoms with Gasteiger partial charge >= 0.3 is 6.18 Å². The molecule has 0 unspecified atom stereocenters. The second kappa shape index (κ2) is 10.5. The molecule has 1 aliphatic rings. The van der Waals surface area contributed by atoms with Crippen LogP contribution in [0.5, 0.6) is 0 Å². The molecule has 1 N–H and O–H groups in total. The molecule has 1 saturated heterocycles. The van der Waals surface area contributed by atoms with E-state index in [1.807, 2.05) is 18.2 Å². The summed E-state index contributed by atoms with van der Waals surface area (Å²) in [5, 5.41) is 5.30. The van der Waals surface area contributed by atoms with Gasteiger partial charge in [-0.05, 0) is 23.3 Å². The van der Waals surface area contributed by atoms with E-state index in [1.54, 1.807) is 5.38 Å². The number of nitrogens with one attached hydrogen (secondary N) is 1. The molecule has 4 rings (SSSR count). The molecule has 0 aliphatic carbocycles. The van der Waals surface area contributed by atoms with Crippen molar-refractivity contribution in [1.29, 1.82) is 0 Å². The van der Waals surface area contributed by atoms with Gasteiger partial charge in [0.15, 0.2) is 0 Å². The van der Waals surface area contributed by atoms with Crippen LogP contribution in [-0.4, -0.2) is 42.1 Å². The van der Waals surface area contributed by atoms with E-state index in [2.05, 4.69) is 21.3 Å². The molecule has 0 radical (unpaired) electrons. The predicted octanol–water partition coefficient (Wildman–Crippen LogP) is 4.52. The van der Waals surface area contributed by atoms with Crippen molar-refractivity contribution in [2.75, 3.05) is 26.3 Å². The molecule has 0 atom stereocenters. The molecule has 1 aliphatic heterocycles. The van der Waals surface area contributed by atoms with Gasteiger partial charge in [0.05, 0.1) is 30.9 Å². The topological polar surface area (TPSA) is 54.5 Å². The van der Waals surface area contributed by atoms with Crippen LogP contribution in [0, 0.1) is 0 Å². The Hall–Kier alpha value is -2.75. The maximum atomic E-state index is 12.7. The lowest BCUT2D eigenvalue weighted by Crippen LogP contribution is -2.36. The lowest BCUT2D eigenvalue weighted by molar-refractivity contribution is -0.137. The van der Waals surface area contributed by atoms with Crippen LogP contribution in [0.25, 0.3) is 10.6 Å². The number of aromatic nitrogens is 1. The van der Waals surface area contributed by atoms with Crippen molar-refractivity contribution in [3.63, 3.8) is 0 Å². The van der Waals surface area contributed by atoms with Gasteiger partial charge in [-0.15, -0.1) is 11.3 Å². The van der Waals surface area contributed by atoms with Crippen molar-refractivity contribution >= 4 is 17.2 Å². The summed E-state index contributed by atoms with van der Waals surface area (Å²) in [5.74, 6) is -0.152. The number of carbonyl (C=O) groups is 1. The van der Waals surface area contributed by atoms with Crippen molar-refractivity contribution in [2.24, 2.45) is 0 Å². The quantitative estimate of drug-likeness (QED) is 0.546. The molecular weight excluding hydrogens is 451 g/mol. The largest absolute Gasteiger partial charge is 0.416 e. The molecule has 174 valence electrons. The molecule has 0 bridgehead atoms. The molecule has 1 fully saturated rings. The Bertz CT molecular complexity index is 1080. The van der Waals surface area contributed by atoms with Crippen LogP contribution in [0.3, 0.4) is 0 Å². The number of amides is 1. The van der Waals surface area contributed by atoms with E-state index < -0.39 is 11.7 Å². The monoisotopic (exact) mass is 475 g/mol. The SMILES string of the molecule is O=C(Cc1csc(-c2ccc(C(F)(F)F)cc2)n1)NCc1ccccc1CN1CCOCC1. The second-order valence-electron chi connectivity index (χ2n) is 7.83. The highest BCUT2D eigenvalue weighted by Crippen LogP contribution is 2.31. The first-order valence-corrected chi connectivity index (χ1v) is 11.5. The summed E-state index contributed by atoms with van der Waals surface area (Å²) in [6.07, 6.45) is -4.26. The van der Waals surface area contributed by atoms with Gasteiger partial charge in [-0.2, -0.15) is 13.2 Å². The number of rotatable bonds is 7. The first kappa shape index (κ1) is 23.4. The van der Waals surface area contributed by atoms with E-state index in [0.717, 1.165) is 50.5 Å². The lowest BCUT2D eigenvalue weighted by Gasteiger charge is -2.27. The lowest BCUT2D eigenvalue weighted by atomic mass is 10.1. The number of thiazole rings is 1. The molecule has 5 nitrogen and oxygen atoms in total. The van der Waals surface area contributed by atoms with Gasteiger partial charge in [-0.3, -0.25) is 9.69 Å². The number of hydrogen-bond donors (Lipinski definition) is 1. The van der Waals surface area contributed by atoms with Crippen LogP contribution in [-0.2, 0) is 35.2 Å². The van der Waals surface area contributed by atoms with E-state index in [4.69, 9.17) is 4.74 Å². The minimum atomic E-state index is -4.37. The fourth-order valence-corrected chi connectivity index (χ4v) is 4.45. The van der Waals surface area contributed by atoms with E-state index in [1.165, 1.54) is 29.0 Å². The highest BCUT2D eigenvalue weighted by Gasteiger charge is 2.30. The predicted molar refractivity (Wildman–Crippen MR) is 121 cm³/mol. The molecule has 2 heterocycles. The molecular formula is C24H24F3N3O2S. The van der Waals surface area contributed by atoms with Gasteiger partial charge < -0.3 is 10.1 Å². The van der Waals surface area contributed by atoms with Crippen LogP contribution in [0.15, 0.2) is 53.9 Å². The number of benzene rings is 2. The van der Waals surface area contributed by atoms with Gasteiger partial charge in [0.25, 0.3) is 0 Å². The molecule has 2 aromatic carbocycles. The van der Waals surface area contributed by atoms with Crippen LogP contribution in [0.1, 0.15) is 22.4 Å². The van der Waals surface area contributed by atoms with Crippen molar-refractivity contribution in [2.45, 2.75) is 25.7 Å². The van der Waals surface area contributed by atoms with Crippen molar-refractivity contribution in [3.8, 4) is 10.6 Å². The smallest absolute Gasteiger partial charge is 0.379 e. The van der Waals surface area contributed by atoms with E-state index in [-0.39, 0.29) is 12.3 Å². The first-order chi connectivity index (χ1) is 15.9. The Balaban J connectivity index is 1.32. The van der Waals surface area contributed by atoms with Gasteiger partial charge in [0.2, 0.25) is 5.91 Å². The molecule has 33 heavy (non-hydrogen) atoms. The number of carbonyl (C=O) groups excluding carboxylic acids is 1. The zero-order valence-electron chi connectivity index (χ0n) is 17.9. The summed E-state index contributed by atoms with van der Waals surface area (Å²) >= 11 is 1.31. The Morgan fingerprint density at radius 3 is 2.45 bits per heavy atom. The molecule has 1 aromatic heterocycles. The van der Waals surface area contributed by atoms with Crippen LogP contribution in [0.2, 0.25) is 0 Å². The second-order valence-corrected chi connectivity index (χ2v) is 8.69. The number of halogens is 3. The molecule has 0 saturated carbocycles. The maximum Gasteiger partial charge on any atom is 0.416 e. The standard InChI is InChI=1S/C24H24F3N3O2S/c25-24(26,27)20-7-5-17(6-8-20)23-29-21(16-33-23)13-22(31)28-14-18-3-1-2-4-19(18)15-30-9-11-32-12-10-30/h1-8,16H,9-15H2,(H,28,31). The van der Waals surface area contributed by atoms with Gasteiger partial charge in [-0.1, -0.05) is 36.4 Å². The minimum absolute atomic E-state index is 0.114. The Morgan fingerprint density at radius 1 is 1.06 bits per heavy atom. The number of hydrogen-bond acceptors (Lipinski definition) is 5. The third-order valence-electron chi connectivity index (χ3n) is 5.44. The zero-order chi connectivity index (χ0) is 23.3. The highest BCUT2D eigenvalue weighted by atomic mass is 32.1. The van der Waals surface area contributed by atoms with Crippen LogP contribution in [0.4, 0.5) is 13.2 Å². The fraction of sp³-hybridized carbons (Fsp3) is 0.333. The summed E-state index contributed by atoms with van der Waals surface area (Å²) in [6.45, 7) is 4.51. The average molecular weight is 476 g/mol. The highest BCUT2D eigenvalue weighted by molar-refractivity contribution is 7.13. The third kappa shape index (κ3) is 6.40. The summed E-state index contributed by atoms with van der Waals surface area (Å²) in [7, 11) is 0. The van der Waals surface area contributed by atoms with Crippen LogP contribution >= 0.6 is 11.3 Å². The maximum absolute atomic E-state index is 12.7. The number of morpholine rings is 1. The molecule has 9 heteroatoms. The summed E-state index contributed by atoms with van der Waals surface area (Å²) in [5.41, 5.74) is 2.74. The number of ether oxygens (including phenoxy) is 1. The minimum Gasteiger partial charge on any atom is -0.379 e. The molecule has 3 aromatic rings. The molecule has 1 amide bonds. The number of alkyl halides is 3. The summed E-state index contributed by atoms with van der Waals surface area (Å²) in [6, 6.07) is 12.9. The van der Waals surface area contributed by atoms with E-state index in [0.29, 0.717) is 22.8 Å². The van der Waals surface area contributed by atoms with Gasteiger partial charge in [0, 0.05) is 37.1 Å². The number of nitrogens with zero attached hydrogens (tertiary/aromatic N) is 2. The molecule has 0 spiro atoms. The average Bonchev–Trinajstić information content (AvgIpc) is 3.27. The normalized spacial score (nSPS) is 14.9. The Morgan fingerprint density at radius 2 is 1.76 bits per heavy atom. The van der Waals surface area contributed by atoms with Crippen LogP contribution < -0.4 is 5.32 Å². The summed E-state index contributed by atoms with van der Waals surface area (Å²) in [4.78, 5) is 19.2. The Kier molecular flexibility index (Phi) is 7.42. The first-order valence-electron chi connectivity index (χ1n) is 10.6.